The number of benzene rings is 2. The van der Waals surface area contributed by atoms with E-state index in [1.165, 1.54) is 18.5 Å². The number of carbonyl (C=O) groups is 2. The highest BCUT2D eigenvalue weighted by Gasteiger charge is 2.42. The van der Waals surface area contributed by atoms with E-state index >= 15 is 0 Å². The Morgan fingerprint density at radius 3 is 2.48 bits per heavy atom. The van der Waals surface area contributed by atoms with Gasteiger partial charge in [-0.3, -0.25) is 9.59 Å². The van der Waals surface area contributed by atoms with Crippen molar-refractivity contribution >= 4 is 44.1 Å². The molecule has 1 atom stereocenters. The van der Waals surface area contributed by atoms with Crippen LogP contribution >= 0.6 is 11.5 Å². The second kappa shape index (κ2) is 10.4. The number of ketones is 1. The van der Waals surface area contributed by atoms with Gasteiger partial charge >= 0.3 is 0 Å². The summed E-state index contributed by atoms with van der Waals surface area (Å²) >= 11 is 1.35. The molecule has 0 bridgehead atoms. The Morgan fingerprint density at radius 1 is 1.02 bits per heavy atom. The molecule has 3 aliphatic rings. The van der Waals surface area contributed by atoms with Crippen LogP contribution in [0.1, 0.15) is 56.5 Å². The lowest BCUT2D eigenvalue weighted by Gasteiger charge is -2.39. The summed E-state index contributed by atoms with van der Waals surface area (Å²) in [7, 11) is -3.70. The van der Waals surface area contributed by atoms with Gasteiger partial charge in [0.2, 0.25) is 21.1 Å². The van der Waals surface area contributed by atoms with Crippen molar-refractivity contribution in [3.63, 3.8) is 0 Å². The van der Waals surface area contributed by atoms with Gasteiger partial charge in [-0.25, -0.2) is 13.4 Å². The van der Waals surface area contributed by atoms with E-state index in [4.69, 9.17) is 9.36 Å². The van der Waals surface area contributed by atoms with Crippen LogP contribution in [0.25, 0.3) is 0 Å². The fraction of sp³-hybridized carbons (Fsp3) is 0.448. The molecule has 1 amide bonds. The summed E-state index contributed by atoms with van der Waals surface area (Å²) in [5.74, 6) is 1.00. The summed E-state index contributed by atoms with van der Waals surface area (Å²) in [6.45, 7) is 5.39. The van der Waals surface area contributed by atoms with Crippen LogP contribution in [0.15, 0.2) is 53.4 Å². The molecule has 3 aromatic rings. The van der Waals surface area contributed by atoms with Gasteiger partial charge in [0.15, 0.2) is 5.82 Å². The van der Waals surface area contributed by atoms with Gasteiger partial charge in [0.1, 0.15) is 5.78 Å². The van der Waals surface area contributed by atoms with Crippen molar-refractivity contribution in [3.8, 4) is 0 Å². The van der Waals surface area contributed by atoms with Crippen molar-refractivity contribution in [3.05, 3.63) is 65.5 Å². The number of carbonyl (C=O) groups excluding carboxylic acids is 2. The van der Waals surface area contributed by atoms with Crippen LogP contribution in [0.4, 0.5) is 10.8 Å². The molecule has 40 heavy (non-hydrogen) atoms. The molecule has 1 saturated heterocycles. The van der Waals surface area contributed by atoms with E-state index in [-0.39, 0.29) is 28.0 Å². The zero-order valence-electron chi connectivity index (χ0n) is 22.7. The van der Waals surface area contributed by atoms with Gasteiger partial charge in [-0.2, -0.15) is 8.68 Å². The number of anilines is 2. The molecule has 0 N–H and O–H groups in total. The van der Waals surface area contributed by atoms with Crippen LogP contribution < -0.4 is 9.80 Å². The minimum atomic E-state index is -3.70. The molecule has 1 aromatic heterocycles. The predicted molar refractivity (Wildman–Crippen MR) is 154 cm³/mol. The van der Waals surface area contributed by atoms with Gasteiger partial charge in [0.25, 0.3) is 0 Å². The first kappa shape index (κ1) is 27.0. The SMILES string of the molecule is CC(=O)N1CCc2cc(S(=O)(=O)N3CCN(c4nc(C5(c6ccccc6)CCC(=O)CC5)ns4)CC3C)ccc21. The first-order valence-electron chi connectivity index (χ1n) is 13.8. The van der Waals surface area contributed by atoms with Crippen LogP contribution in [0.2, 0.25) is 0 Å². The van der Waals surface area contributed by atoms with E-state index in [0.29, 0.717) is 58.3 Å². The number of amides is 1. The Bertz CT molecular complexity index is 1550. The minimum Gasteiger partial charge on any atom is -0.344 e. The summed E-state index contributed by atoms with van der Waals surface area (Å²) in [6, 6.07) is 15.0. The smallest absolute Gasteiger partial charge is 0.243 e. The van der Waals surface area contributed by atoms with E-state index in [1.807, 2.05) is 25.1 Å². The number of sulfonamides is 1. The highest BCUT2D eigenvalue weighted by atomic mass is 32.2. The topological polar surface area (TPSA) is 104 Å². The Balaban J connectivity index is 1.20. The molecule has 11 heteroatoms. The zero-order chi connectivity index (χ0) is 28.1. The molecule has 2 aliphatic heterocycles. The summed E-state index contributed by atoms with van der Waals surface area (Å²) in [4.78, 5) is 33.1. The number of nitrogens with zero attached hydrogens (tertiary/aromatic N) is 5. The average Bonchev–Trinajstić information content (AvgIpc) is 3.62. The minimum absolute atomic E-state index is 0.0365. The molecule has 2 fully saturated rings. The fourth-order valence-electron chi connectivity index (χ4n) is 6.37. The summed E-state index contributed by atoms with van der Waals surface area (Å²) in [6.07, 6.45) is 3.08. The van der Waals surface area contributed by atoms with Crippen molar-refractivity contribution < 1.29 is 18.0 Å². The highest BCUT2D eigenvalue weighted by Crippen LogP contribution is 2.44. The lowest BCUT2D eigenvalue weighted by atomic mass is 9.68. The summed E-state index contributed by atoms with van der Waals surface area (Å²) < 4.78 is 33.7. The largest absolute Gasteiger partial charge is 0.344 e. The molecule has 9 nitrogen and oxygen atoms in total. The average molecular weight is 580 g/mol. The molecular weight excluding hydrogens is 546 g/mol. The van der Waals surface area contributed by atoms with Gasteiger partial charge in [-0.05, 0) is 55.5 Å². The van der Waals surface area contributed by atoms with Crippen molar-refractivity contribution in [2.24, 2.45) is 0 Å². The monoisotopic (exact) mass is 579 g/mol. The van der Waals surface area contributed by atoms with Crippen LogP contribution in [0.5, 0.6) is 0 Å². The molecular formula is C29H33N5O4S2. The summed E-state index contributed by atoms with van der Waals surface area (Å²) in [5.41, 5.74) is 2.44. The Kier molecular flexibility index (Phi) is 7.00. The molecule has 1 unspecified atom stereocenters. The Morgan fingerprint density at radius 2 is 1.77 bits per heavy atom. The number of rotatable bonds is 5. The third kappa shape index (κ3) is 4.63. The van der Waals surface area contributed by atoms with Crippen LogP contribution in [0.3, 0.4) is 0 Å². The van der Waals surface area contributed by atoms with Crippen molar-refractivity contribution in [1.82, 2.24) is 13.7 Å². The Hall–Kier alpha value is -3.15. The molecule has 1 aliphatic carbocycles. The highest BCUT2D eigenvalue weighted by molar-refractivity contribution is 7.89. The van der Waals surface area contributed by atoms with E-state index in [2.05, 4.69) is 17.0 Å². The maximum absolute atomic E-state index is 13.7. The van der Waals surface area contributed by atoms with E-state index < -0.39 is 10.0 Å². The second-order valence-electron chi connectivity index (χ2n) is 11.0. The number of aromatic nitrogens is 2. The molecule has 2 aromatic carbocycles. The molecule has 210 valence electrons. The van der Waals surface area contributed by atoms with Gasteiger partial charge < -0.3 is 9.80 Å². The maximum Gasteiger partial charge on any atom is 0.243 e. The van der Waals surface area contributed by atoms with Gasteiger partial charge in [0.05, 0.1) is 10.3 Å². The van der Waals surface area contributed by atoms with Gasteiger partial charge in [-0.15, -0.1) is 0 Å². The van der Waals surface area contributed by atoms with Crippen LogP contribution in [0, 0.1) is 0 Å². The third-order valence-corrected chi connectivity index (χ3v) is 11.4. The van der Waals surface area contributed by atoms with E-state index in [1.54, 1.807) is 27.4 Å². The standard InChI is InChI=1S/C29H33N5O4S2/c1-20-19-32(16-17-34(20)40(37,38)25-8-9-26-22(18-25)12-15-33(26)21(2)35)28-30-27(31-39-28)29(13-10-24(36)11-14-29)23-6-4-3-5-7-23/h3-9,18,20H,10-17,19H2,1-2H3. The number of hydrogen-bond acceptors (Lipinski definition) is 8. The second-order valence-corrected chi connectivity index (χ2v) is 13.6. The quantitative estimate of drug-likeness (QED) is 0.453. The first-order chi connectivity index (χ1) is 19.2. The molecule has 1 saturated carbocycles. The third-order valence-electron chi connectivity index (χ3n) is 8.60. The number of Topliss-reactive ketones (excluding diaryl/α,β-unsaturated/α-hetero) is 1. The van der Waals surface area contributed by atoms with Crippen molar-refractivity contribution in [2.45, 2.75) is 62.3 Å². The zero-order valence-corrected chi connectivity index (χ0v) is 24.4. The molecule has 3 heterocycles. The number of piperazine rings is 1. The maximum atomic E-state index is 13.7. The van der Waals surface area contributed by atoms with Crippen molar-refractivity contribution in [2.75, 3.05) is 36.0 Å². The molecule has 0 radical (unpaired) electrons. The van der Waals surface area contributed by atoms with Crippen LogP contribution in [-0.4, -0.2) is 66.0 Å². The van der Waals surface area contributed by atoms with Gasteiger partial charge in [0, 0.05) is 69.2 Å². The fourth-order valence-corrected chi connectivity index (χ4v) is 8.82. The lowest BCUT2D eigenvalue weighted by molar-refractivity contribution is -0.121. The normalized spacial score (nSPS) is 21.4. The summed E-state index contributed by atoms with van der Waals surface area (Å²) in [5, 5.41) is 0.785. The van der Waals surface area contributed by atoms with Gasteiger partial charge in [-0.1, -0.05) is 30.3 Å². The van der Waals surface area contributed by atoms with Crippen LogP contribution in [-0.2, 0) is 31.4 Å². The Labute approximate surface area is 239 Å². The van der Waals surface area contributed by atoms with E-state index in [9.17, 15) is 18.0 Å². The van der Waals surface area contributed by atoms with E-state index in [0.717, 1.165) is 27.8 Å². The number of fused-ring (bicyclic) bond motifs is 1. The van der Waals surface area contributed by atoms with Crippen molar-refractivity contribution in [1.29, 1.82) is 0 Å². The number of hydrogen-bond donors (Lipinski definition) is 0. The molecule has 0 spiro atoms. The first-order valence-corrected chi connectivity index (χ1v) is 16.0. The lowest BCUT2D eigenvalue weighted by Crippen LogP contribution is -2.54. The molecule has 6 rings (SSSR count). The predicted octanol–water partition coefficient (Wildman–Crippen LogP) is 3.78.